The molecule has 0 bridgehead atoms. The molecule has 0 radical (unpaired) electrons. The van der Waals surface area contributed by atoms with Gasteiger partial charge in [-0.05, 0) is 42.2 Å². The number of rotatable bonds is 7. The first kappa shape index (κ1) is 24.7. The summed E-state index contributed by atoms with van der Waals surface area (Å²) < 4.78 is 43.7. The summed E-state index contributed by atoms with van der Waals surface area (Å²) in [5.41, 5.74) is 10.0. The maximum absolute atomic E-state index is 13.4. The fourth-order valence-corrected chi connectivity index (χ4v) is 3.88. The molecule has 0 spiro atoms. The molecule has 8 nitrogen and oxygen atoms in total. The number of hydrogen-bond donors (Lipinski definition) is 3. The normalized spacial score (nSPS) is 12.1. The van der Waals surface area contributed by atoms with E-state index < -0.39 is 35.5 Å². The number of nitrogen functional groups attached to an aromatic ring is 1. The zero-order valence-corrected chi connectivity index (χ0v) is 18.6. The summed E-state index contributed by atoms with van der Waals surface area (Å²) in [6.07, 6.45) is -4.67. The van der Waals surface area contributed by atoms with Crippen molar-refractivity contribution in [1.82, 2.24) is 9.69 Å². The highest BCUT2D eigenvalue weighted by Crippen LogP contribution is 2.33. The quantitative estimate of drug-likeness (QED) is 0.467. The molecule has 0 fully saturated rings. The summed E-state index contributed by atoms with van der Waals surface area (Å²) in [5.74, 6) is -2.48. The number of halogens is 3. The Morgan fingerprint density at radius 1 is 1.12 bits per heavy atom. The molecule has 0 aliphatic rings. The highest BCUT2D eigenvalue weighted by Gasteiger charge is 2.35. The maximum atomic E-state index is 13.4. The number of primary amides is 1. The monoisotopic (exact) mass is 491 g/mol. The van der Waals surface area contributed by atoms with Crippen molar-refractivity contribution in [3.05, 3.63) is 76.3 Å². The highest BCUT2D eigenvalue weighted by atomic mass is 32.1. The third kappa shape index (κ3) is 5.34. The summed E-state index contributed by atoms with van der Waals surface area (Å²) in [6, 6.07) is 11.7. The first-order chi connectivity index (χ1) is 16.0. The average molecular weight is 491 g/mol. The van der Waals surface area contributed by atoms with Crippen LogP contribution in [0.2, 0.25) is 0 Å². The second-order valence-corrected chi connectivity index (χ2v) is 8.01. The van der Waals surface area contributed by atoms with Gasteiger partial charge in [-0.15, -0.1) is 0 Å². The molecule has 34 heavy (non-hydrogen) atoms. The van der Waals surface area contributed by atoms with E-state index in [1.807, 2.05) is 6.07 Å². The molecule has 3 rings (SSSR count). The van der Waals surface area contributed by atoms with E-state index in [2.05, 4.69) is 9.69 Å². The van der Waals surface area contributed by atoms with Gasteiger partial charge in [0, 0.05) is 12.2 Å². The fourth-order valence-electron chi connectivity index (χ4n) is 3.14. The summed E-state index contributed by atoms with van der Waals surface area (Å²) in [6.45, 7) is 1.51. The van der Waals surface area contributed by atoms with Gasteiger partial charge in [0.1, 0.15) is 10.9 Å². The number of nitrogens with zero attached hydrogens (tertiary/aromatic N) is 2. The minimum Gasteiger partial charge on any atom is -0.395 e. The first-order valence-electron chi connectivity index (χ1n) is 9.88. The SMILES string of the molecule is C[C@@H](C(=O)NCc1ccccc1)N(C(=O)c1snc(C(N)=O)c1N)c1cccc(C(F)(F)F)c1. The molecule has 2 aromatic carbocycles. The molecular weight excluding hydrogens is 471 g/mol. The highest BCUT2D eigenvalue weighted by molar-refractivity contribution is 7.09. The molecule has 5 N–H and O–H groups in total. The lowest BCUT2D eigenvalue weighted by Crippen LogP contribution is -2.48. The lowest BCUT2D eigenvalue weighted by molar-refractivity contribution is -0.137. The summed E-state index contributed by atoms with van der Waals surface area (Å²) >= 11 is 0.564. The van der Waals surface area contributed by atoms with Gasteiger partial charge in [0.05, 0.1) is 11.3 Å². The van der Waals surface area contributed by atoms with E-state index in [1.54, 1.807) is 24.3 Å². The van der Waals surface area contributed by atoms with Gasteiger partial charge in [-0.3, -0.25) is 19.3 Å². The van der Waals surface area contributed by atoms with E-state index in [1.165, 1.54) is 13.0 Å². The maximum Gasteiger partial charge on any atom is 0.416 e. The molecule has 3 aromatic rings. The van der Waals surface area contributed by atoms with Gasteiger partial charge in [0.25, 0.3) is 11.8 Å². The summed E-state index contributed by atoms with van der Waals surface area (Å²) in [4.78, 5) is 38.4. The Hall–Kier alpha value is -3.93. The smallest absolute Gasteiger partial charge is 0.395 e. The first-order valence-corrected chi connectivity index (χ1v) is 10.7. The Bertz CT molecular complexity index is 1210. The van der Waals surface area contributed by atoms with Crippen LogP contribution in [-0.2, 0) is 17.5 Å². The molecular formula is C22H20F3N5O3S. The average Bonchev–Trinajstić information content (AvgIpc) is 3.19. The molecule has 1 atom stereocenters. The zero-order chi connectivity index (χ0) is 25.0. The second kappa shape index (κ2) is 9.91. The van der Waals surface area contributed by atoms with Gasteiger partial charge in [-0.25, -0.2) is 0 Å². The number of benzene rings is 2. The van der Waals surface area contributed by atoms with Crippen LogP contribution in [0.25, 0.3) is 0 Å². The van der Waals surface area contributed by atoms with Crippen LogP contribution >= 0.6 is 11.5 Å². The van der Waals surface area contributed by atoms with E-state index in [-0.39, 0.29) is 28.5 Å². The van der Waals surface area contributed by atoms with Crippen LogP contribution in [0.1, 0.15) is 38.2 Å². The van der Waals surface area contributed by atoms with Crippen molar-refractivity contribution >= 4 is 40.6 Å². The number of alkyl halides is 3. The van der Waals surface area contributed by atoms with Gasteiger partial charge in [0.15, 0.2) is 5.69 Å². The topological polar surface area (TPSA) is 131 Å². The van der Waals surface area contributed by atoms with Crippen LogP contribution < -0.4 is 21.7 Å². The van der Waals surface area contributed by atoms with Gasteiger partial charge in [0.2, 0.25) is 5.91 Å². The molecule has 0 aliphatic heterocycles. The van der Waals surface area contributed by atoms with E-state index in [4.69, 9.17) is 11.5 Å². The predicted molar refractivity (Wildman–Crippen MR) is 121 cm³/mol. The van der Waals surface area contributed by atoms with Crippen LogP contribution in [0.5, 0.6) is 0 Å². The van der Waals surface area contributed by atoms with E-state index in [0.717, 1.165) is 28.7 Å². The molecule has 12 heteroatoms. The zero-order valence-electron chi connectivity index (χ0n) is 17.8. The van der Waals surface area contributed by atoms with Crippen molar-refractivity contribution in [2.45, 2.75) is 25.7 Å². The van der Waals surface area contributed by atoms with Crippen LogP contribution in [0.15, 0.2) is 54.6 Å². The number of carbonyl (C=O) groups excluding carboxylic acids is 3. The Balaban J connectivity index is 1.99. The molecule has 178 valence electrons. The molecule has 0 saturated carbocycles. The Morgan fingerprint density at radius 3 is 2.38 bits per heavy atom. The lowest BCUT2D eigenvalue weighted by Gasteiger charge is -2.29. The predicted octanol–water partition coefficient (Wildman–Crippen LogP) is 3.19. The molecule has 0 aliphatic carbocycles. The van der Waals surface area contributed by atoms with Gasteiger partial charge >= 0.3 is 6.18 Å². The van der Waals surface area contributed by atoms with Crippen LogP contribution in [0.4, 0.5) is 24.5 Å². The molecule has 0 saturated heterocycles. The number of anilines is 2. The standard InChI is InChI=1S/C22H20F3N5O3S/c1-12(20(32)28-11-13-6-3-2-4-7-13)30(15-9-5-8-14(10-15)22(23,24)25)21(33)18-16(26)17(19(27)31)29-34-18/h2-10,12H,11,26H2,1H3,(H2,27,31)(H,28,32)/t12-/m0/s1. The van der Waals surface area contributed by atoms with Crippen molar-refractivity contribution in [2.24, 2.45) is 5.73 Å². The van der Waals surface area contributed by atoms with Crippen molar-refractivity contribution in [3.63, 3.8) is 0 Å². The van der Waals surface area contributed by atoms with Crippen LogP contribution in [-0.4, -0.2) is 28.1 Å². The van der Waals surface area contributed by atoms with Gasteiger partial charge < -0.3 is 16.8 Å². The Labute approximate surface area is 196 Å². The number of nitrogens with one attached hydrogen (secondary N) is 1. The Kier molecular flexibility index (Phi) is 7.20. The number of aromatic nitrogens is 1. The lowest BCUT2D eigenvalue weighted by atomic mass is 10.1. The molecule has 3 amide bonds. The van der Waals surface area contributed by atoms with E-state index in [9.17, 15) is 27.6 Å². The number of hydrogen-bond acceptors (Lipinski definition) is 6. The van der Waals surface area contributed by atoms with Crippen molar-refractivity contribution in [2.75, 3.05) is 10.6 Å². The minimum absolute atomic E-state index is 0.142. The second-order valence-electron chi connectivity index (χ2n) is 7.24. The van der Waals surface area contributed by atoms with Crippen molar-refractivity contribution < 1.29 is 27.6 Å². The van der Waals surface area contributed by atoms with Gasteiger partial charge in [-0.2, -0.15) is 17.5 Å². The largest absolute Gasteiger partial charge is 0.416 e. The molecule has 0 unspecified atom stereocenters. The van der Waals surface area contributed by atoms with Gasteiger partial charge in [-0.1, -0.05) is 36.4 Å². The Morgan fingerprint density at radius 2 is 1.79 bits per heavy atom. The third-order valence-corrected chi connectivity index (χ3v) is 5.75. The van der Waals surface area contributed by atoms with Crippen molar-refractivity contribution in [3.8, 4) is 0 Å². The fraction of sp³-hybridized carbons (Fsp3) is 0.182. The summed E-state index contributed by atoms with van der Waals surface area (Å²) in [5, 5.41) is 2.67. The van der Waals surface area contributed by atoms with Crippen molar-refractivity contribution in [1.29, 1.82) is 0 Å². The van der Waals surface area contributed by atoms with E-state index in [0.29, 0.717) is 11.5 Å². The third-order valence-electron chi connectivity index (χ3n) is 4.90. The number of carbonyl (C=O) groups is 3. The van der Waals surface area contributed by atoms with Crippen LogP contribution in [0, 0.1) is 0 Å². The van der Waals surface area contributed by atoms with E-state index >= 15 is 0 Å². The van der Waals surface area contributed by atoms with Crippen LogP contribution in [0.3, 0.4) is 0 Å². The minimum atomic E-state index is -4.67. The molecule has 1 aromatic heterocycles. The number of nitrogens with two attached hydrogens (primary N) is 2. The summed E-state index contributed by atoms with van der Waals surface area (Å²) in [7, 11) is 0. The number of amides is 3. The molecule has 1 heterocycles.